The Hall–Kier alpha value is -3.98. The van der Waals surface area contributed by atoms with Crippen LogP contribution in [0, 0.1) is 17.8 Å². The average molecular weight is 645 g/mol. The number of fused-ring (bicyclic) bond motifs is 3. The summed E-state index contributed by atoms with van der Waals surface area (Å²) in [7, 11) is -0.986. The van der Waals surface area contributed by atoms with Crippen LogP contribution in [0.2, 0.25) is 6.32 Å². The van der Waals surface area contributed by atoms with Gasteiger partial charge in [0.2, 0.25) is 11.8 Å². The van der Waals surface area contributed by atoms with Gasteiger partial charge in [0.15, 0.2) is 0 Å². The van der Waals surface area contributed by atoms with Crippen LogP contribution in [0.5, 0.6) is 5.75 Å². The molecule has 0 radical (unpaired) electrons. The number of piperidine rings is 1. The van der Waals surface area contributed by atoms with Gasteiger partial charge in [0.25, 0.3) is 0 Å². The smallest absolute Gasteiger partial charge is 0.455 e. The average Bonchev–Trinajstić information content (AvgIpc) is 3.36. The van der Waals surface area contributed by atoms with Crippen molar-refractivity contribution in [3.8, 4) is 5.75 Å². The topological polar surface area (TPSA) is 90.3 Å². The Morgan fingerprint density at radius 1 is 0.917 bits per heavy atom. The Kier molecular flexibility index (Phi) is 9.67. The summed E-state index contributed by atoms with van der Waals surface area (Å²) in [4.78, 5) is 32.4. The van der Waals surface area contributed by atoms with Gasteiger partial charge in [-0.15, -0.1) is 0 Å². The van der Waals surface area contributed by atoms with Crippen LogP contribution in [-0.2, 0) is 20.8 Å². The van der Waals surface area contributed by atoms with Crippen molar-refractivity contribution in [1.29, 1.82) is 0 Å². The predicted molar refractivity (Wildman–Crippen MR) is 188 cm³/mol. The molecule has 3 saturated heterocycles. The fourth-order valence-electron chi connectivity index (χ4n) is 8.67. The van der Waals surface area contributed by atoms with Crippen molar-refractivity contribution in [3.05, 3.63) is 113 Å². The third-order valence-electron chi connectivity index (χ3n) is 11.0. The second-order valence-corrected chi connectivity index (χ2v) is 13.9. The quantitative estimate of drug-likeness (QED) is 0.118. The number of hydrogen-bond acceptors (Lipinski definition) is 6. The second-order valence-electron chi connectivity index (χ2n) is 13.9. The van der Waals surface area contributed by atoms with Crippen molar-refractivity contribution in [2.24, 2.45) is 17.8 Å². The van der Waals surface area contributed by atoms with E-state index in [0.717, 1.165) is 61.2 Å². The summed E-state index contributed by atoms with van der Waals surface area (Å²) in [6, 6.07) is 27.8. The zero-order valence-corrected chi connectivity index (χ0v) is 27.7. The predicted octanol–water partition coefficient (Wildman–Crippen LogP) is 6.58. The molecule has 1 aliphatic carbocycles. The lowest BCUT2D eigenvalue weighted by Crippen LogP contribution is -2.48. The zero-order chi connectivity index (χ0) is 33.2. The SMILES string of the molecule is CCC1=C2[C@@H](CC/C(=C/c3ccc(O)cc3)c3ccccc3)OB(O)C[C@@H]2[C@@H]2C(=O)N(C3CCN(Cc4ccccc4)CC3)C(=O)[C@@H]2C1. The molecule has 4 aliphatic rings. The van der Waals surface area contributed by atoms with Crippen LogP contribution < -0.4 is 0 Å². The van der Waals surface area contributed by atoms with E-state index in [4.69, 9.17) is 4.65 Å². The molecule has 0 aromatic heterocycles. The summed E-state index contributed by atoms with van der Waals surface area (Å²) in [5, 5.41) is 20.9. The number of carbonyl (C=O) groups excluding carboxylic acids is 2. The van der Waals surface area contributed by atoms with Gasteiger partial charge in [-0.05, 0) is 90.7 Å². The van der Waals surface area contributed by atoms with E-state index in [1.54, 1.807) is 17.0 Å². The zero-order valence-electron chi connectivity index (χ0n) is 27.7. The van der Waals surface area contributed by atoms with Gasteiger partial charge in [-0.1, -0.05) is 91.4 Å². The van der Waals surface area contributed by atoms with E-state index in [-0.39, 0.29) is 41.5 Å². The Balaban J connectivity index is 1.09. The molecule has 0 spiro atoms. The maximum absolute atomic E-state index is 14.3. The largest absolute Gasteiger partial charge is 0.508 e. The van der Waals surface area contributed by atoms with Crippen LogP contribution in [-0.4, -0.2) is 64.1 Å². The fraction of sp³-hybridized carbons (Fsp3) is 0.400. The Labute approximate surface area is 284 Å². The molecule has 48 heavy (non-hydrogen) atoms. The number of phenolic OH excluding ortho intramolecular Hbond substituents is 1. The number of allylic oxidation sites excluding steroid dienone is 2. The van der Waals surface area contributed by atoms with Crippen molar-refractivity contribution in [3.63, 3.8) is 0 Å². The van der Waals surface area contributed by atoms with Crippen LogP contribution >= 0.6 is 0 Å². The first-order valence-corrected chi connectivity index (χ1v) is 17.6. The molecule has 2 amide bonds. The van der Waals surface area contributed by atoms with Crippen LogP contribution in [0.1, 0.15) is 62.1 Å². The van der Waals surface area contributed by atoms with E-state index in [2.05, 4.69) is 54.3 Å². The van der Waals surface area contributed by atoms with Crippen LogP contribution in [0.25, 0.3) is 11.6 Å². The lowest BCUT2D eigenvalue weighted by Gasteiger charge is -2.43. The van der Waals surface area contributed by atoms with E-state index in [1.165, 1.54) is 11.1 Å². The highest BCUT2D eigenvalue weighted by molar-refractivity contribution is 6.43. The summed E-state index contributed by atoms with van der Waals surface area (Å²) in [5.41, 5.74) is 6.86. The molecule has 2 N–H and O–H groups in total. The molecule has 0 bridgehead atoms. The maximum Gasteiger partial charge on any atom is 0.455 e. The van der Waals surface area contributed by atoms with E-state index < -0.39 is 13.0 Å². The Morgan fingerprint density at radius 2 is 1.60 bits per heavy atom. The lowest BCUT2D eigenvalue weighted by molar-refractivity contribution is -0.144. The first kappa shape index (κ1) is 32.6. The van der Waals surface area contributed by atoms with Gasteiger partial charge in [0, 0.05) is 25.7 Å². The Bertz CT molecular complexity index is 1670. The molecule has 3 aromatic rings. The third kappa shape index (κ3) is 6.66. The number of amides is 2. The second kappa shape index (κ2) is 14.2. The number of aromatic hydroxyl groups is 1. The molecule has 3 fully saturated rings. The summed E-state index contributed by atoms with van der Waals surface area (Å²) >= 11 is 0. The minimum Gasteiger partial charge on any atom is -0.508 e. The molecule has 248 valence electrons. The number of likely N-dealkylation sites (tertiary alicyclic amines) is 2. The monoisotopic (exact) mass is 644 g/mol. The van der Waals surface area contributed by atoms with Crippen molar-refractivity contribution in [2.45, 2.75) is 70.5 Å². The highest BCUT2D eigenvalue weighted by Gasteiger charge is 2.58. The number of rotatable bonds is 9. The van der Waals surface area contributed by atoms with Gasteiger partial charge in [0.1, 0.15) is 5.75 Å². The molecule has 3 aliphatic heterocycles. The van der Waals surface area contributed by atoms with E-state index in [1.807, 2.05) is 36.4 Å². The number of imide groups is 1. The summed E-state index contributed by atoms with van der Waals surface area (Å²) in [6.45, 7) is 4.72. The molecule has 3 heterocycles. The number of benzene rings is 3. The van der Waals surface area contributed by atoms with Crippen molar-refractivity contribution in [2.75, 3.05) is 13.1 Å². The van der Waals surface area contributed by atoms with Gasteiger partial charge in [-0.2, -0.15) is 0 Å². The highest BCUT2D eigenvalue weighted by atomic mass is 16.5. The van der Waals surface area contributed by atoms with E-state index in [0.29, 0.717) is 25.6 Å². The molecule has 8 heteroatoms. The summed E-state index contributed by atoms with van der Waals surface area (Å²) < 4.78 is 6.28. The Morgan fingerprint density at radius 3 is 2.29 bits per heavy atom. The summed E-state index contributed by atoms with van der Waals surface area (Å²) in [5.74, 6) is -0.832. The number of hydrogen-bond donors (Lipinski definition) is 2. The molecule has 7 rings (SSSR count). The summed E-state index contributed by atoms with van der Waals surface area (Å²) in [6.07, 6.45) is 6.45. The van der Waals surface area contributed by atoms with Crippen LogP contribution in [0.4, 0.5) is 0 Å². The van der Waals surface area contributed by atoms with Gasteiger partial charge < -0.3 is 14.8 Å². The van der Waals surface area contributed by atoms with Gasteiger partial charge in [-0.25, -0.2) is 0 Å². The molecule has 0 saturated carbocycles. The fourth-order valence-corrected chi connectivity index (χ4v) is 8.67. The number of carbonyl (C=O) groups is 2. The first-order valence-electron chi connectivity index (χ1n) is 17.6. The lowest BCUT2D eigenvalue weighted by atomic mass is 9.58. The standard InChI is InChI=1S/C40H45BN2O5/c1-2-29-24-34-38(40(46)43(39(34)45)32-19-21-42(22-20-32)26-28-9-5-3-6-10-28)35-25-41(47)48-36(37(29)35)18-15-31(30-11-7-4-8-12-30)23-27-13-16-33(44)17-14-27/h3-14,16-17,23,32,34-36,38,44,47H,2,15,18-22,24-26H2,1H3/b31-23-/t34-,35+,36-,38-/m1/s1. The van der Waals surface area contributed by atoms with Crippen LogP contribution in [0.15, 0.2) is 96.1 Å². The molecule has 3 aromatic carbocycles. The van der Waals surface area contributed by atoms with E-state index >= 15 is 0 Å². The first-order chi connectivity index (χ1) is 23.4. The number of nitrogens with zero attached hydrogens (tertiary/aromatic N) is 2. The van der Waals surface area contributed by atoms with E-state index in [9.17, 15) is 19.7 Å². The van der Waals surface area contributed by atoms with Gasteiger partial charge in [0.05, 0.1) is 17.9 Å². The van der Waals surface area contributed by atoms with Gasteiger partial charge >= 0.3 is 7.12 Å². The molecule has 0 unspecified atom stereocenters. The van der Waals surface area contributed by atoms with Crippen LogP contribution in [0.3, 0.4) is 0 Å². The van der Waals surface area contributed by atoms with Crippen molar-refractivity contribution < 1.29 is 24.4 Å². The third-order valence-corrected chi connectivity index (χ3v) is 11.0. The number of phenols is 1. The molecule has 4 atom stereocenters. The normalized spacial score (nSPS) is 25.4. The maximum atomic E-state index is 14.3. The molecule has 7 nitrogen and oxygen atoms in total. The molecular formula is C40H45BN2O5. The highest BCUT2D eigenvalue weighted by Crippen LogP contribution is 2.52. The molecular weight excluding hydrogens is 599 g/mol. The minimum atomic E-state index is -0.986. The minimum absolute atomic E-state index is 0.0164. The van der Waals surface area contributed by atoms with Crippen molar-refractivity contribution >= 4 is 30.6 Å². The van der Waals surface area contributed by atoms with Crippen molar-refractivity contribution in [1.82, 2.24) is 9.80 Å². The van der Waals surface area contributed by atoms with Gasteiger partial charge in [-0.3, -0.25) is 19.4 Å².